The lowest BCUT2D eigenvalue weighted by Crippen LogP contribution is -2.01. The lowest BCUT2D eigenvalue weighted by Gasteiger charge is -2.14. The molecule has 2 N–H and O–H groups in total. The van der Waals surface area contributed by atoms with E-state index in [4.69, 9.17) is 4.74 Å². The molecule has 1 rings (SSSR count). The summed E-state index contributed by atoms with van der Waals surface area (Å²) in [5.74, 6) is 0.303. The molecular formula is C24H42O3. The Labute approximate surface area is 167 Å². The molecule has 0 atom stereocenters. The molecule has 0 aliphatic heterocycles. The zero-order chi connectivity index (χ0) is 19.7. The Hall–Kier alpha value is -1.38. The number of hydrogen-bond donors (Lipinski definition) is 2. The van der Waals surface area contributed by atoms with E-state index in [2.05, 4.69) is 13.8 Å². The van der Waals surface area contributed by atoms with Crippen molar-refractivity contribution < 1.29 is 14.9 Å². The molecule has 3 heteroatoms. The SMILES string of the molecule is CCCCCCCCCCc1ccc(O)c(O)c1OCCCCCCCC. The number of ether oxygens (including phenoxy) is 1. The third kappa shape index (κ3) is 10.5. The van der Waals surface area contributed by atoms with Gasteiger partial charge in [-0.2, -0.15) is 0 Å². The summed E-state index contributed by atoms with van der Waals surface area (Å²) in [5.41, 5.74) is 1.02. The summed E-state index contributed by atoms with van der Waals surface area (Å²) in [7, 11) is 0. The summed E-state index contributed by atoms with van der Waals surface area (Å²) in [6.45, 7) is 5.08. The lowest BCUT2D eigenvalue weighted by molar-refractivity contribution is 0.280. The van der Waals surface area contributed by atoms with Crippen LogP contribution >= 0.6 is 0 Å². The molecule has 0 unspecified atom stereocenters. The molecule has 0 aliphatic rings. The van der Waals surface area contributed by atoms with Gasteiger partial charge in [0.1, 0.15) is 0 Å². The molecule has 0 saturated heterocycles. The van der Waals surface area contributed by atoms with Crippen LogP contribution < -0.4 is 4.74 Å². The second-order valence-corrected chi connectivity index (χ2v) is 7.76. The van der Waals surface area contributed by atoms with Crippen LogP contribution in [-0.2, 0) is 6.42 Å². The number of benzene rings is 1. The topological polar surface area (TPSA) is 49.7 Å². The highest BCUT2D eigenvalue weighted by atomic mass is 16.5. The van der Waals surface area contributed by atoms with Gasteiger partial charge in [-0.15, -0.1) is 0 Å². The maximum absolute atomic E-state index is 10.2. The smallest absolute Gasteiger partial charge is 0.200 e. The van der Waals surface area contributed by atoms with Crippen molar-refractivity contribution in [2.24, 2.45) is 0 Å². The van der Waals surface area contributed by atoms with Gasteiger partial charge in [0.05, 0.1) is 6.61 Å². The Bertz CT molecular complexity index is 485. The fourth-order valence-corrected chi connectivity index (χ4v) is 3.47. The van der Waals surface area contributed by atoms with Crippen molar-refractivity contribution in [3.05, 3.63) is 17.7 Å². The molecule has 0 spiro atoms. The number of phenols is 2. The van der Waals surface area contributed by atoms with E-state index < -0.39 is 0 Å². The monoisotopic (exact) mass is 378 g/mol. The average molecular weight is 379 g/mol. The van der Waals surface area contributed by atoms with E-state index in [1.165, 1.54) is 70.6 Å². The van der Waals surface area contributed by atoms with Crippen molar-refractivity contribution in [1.82, 2.24) is 0 Å². The van der Waals surface area contributed by atoms with Gasteiger partial charge in [0, 0.05) is 0 Å². The Morgan fingerprint density at radius 2 is 1.19 bits per heavy atom. The molecule has 0 aromatic heterocycles. The zero-order valence-electron chi connectivity index (χ0n) is 17.8. The molecule has 0 bridgehead atoms. The Morgan fingerprint density at radius 3 is 1.78 bits per heavy atom. The Kier molecular flexibility index (Phi) is 13.7. The second kappa shape index (κ2) is 15.7. The normalized spacial score (nSPS) is 11.0. The van der Waals surface area contributed by atoms with Crippen LogP contribution in [0.15, 0.2) is 12.1 Å². The number of hydrogen-bond acceptors (Lipinski definition) is 3. The quantitative estimate of drug-likeness (QED) is 0.218. The molecule has 3 nitrogen and oxygen atoms in total. The molecule has 156 valence electrons. The first kappa shape index (κ1) is 23.7. The van der Waals surface area contributed by atoms with Gasteiger partial charge < -0.3 is 14.9 Å². The minimum atomic E-state index is -0.0990. The molecule has 0 aliphatic carbocycles. The first-order chi connectivity index (χ1) is 13.2. The fourth-order valence-electron chi connectivity index (χ4n) is 3.47. The summed E-state index contributed by atoms with van der Waals surface area (Å²) in [4.78, 5) is 0. The van der Waals surface area contributed by atoms with Crippen molar-refractivity contribution in [3.63, 3.8) is 0 Å². The minimum absolute atomic E-state index is 0.0902. The number of aromatic hydroxyl groups is 2. The molecule has 1 aromatic rings. The van der Waals surface area contributed by atoms with Crippen molar-refractivity contribution in [3.8, 4) is 17.2 Å². The second-order valence-electron chi connectivity index (χ2n) is 7.76. The molecule has 0 amide bonds. The number of rotatable bonds is 17. The van der Waals surface area contributed by atoms with Crippen LogP contribution in [0.2, 0.25) is 0 Å². The van der Waals surface area contributed by atoms with Gasteiger partial charge in [0.25, 0.3) is 0 Å². The summed E-state index contributed by atoms with van der Waals surface area (Å²) < 4.78 is 5.87. The van der Waals surface area contributed by atoms with Crippen molar-refractivity contribution in [2.45, 2.75) is 110 Å². The van der Waals surface area contributed by atoms with Gasteiger partial charge in [0.15, 0.2) is 11.5 Å². The van der Waals surface area contributed by atoms with Crippen molar-refractivity contribution in [2.75, 3.05) is 6.61 Å². The maximum atomic E-state index is 10.2. The van der Waals surface area contributed by atoms with Gasteiger partial charge in [-0.3, -0.25) is 0 Å². The molecule has 0 saturated carbocycles. The van der Waals surface area contributed by atoms with Crippen molar-refractivity contribution >= 4 is 0 Å². The van der Waals surface area contributed by atoms with Gasteiger partial charge in [-0.25, -0.2) is 0 Å². The van der Waals surface area contributed by atoms with Crippen LogP contribution in [0, 0.1) is 0 Å². The Balaban J connectivity index is 2.33. The molecule has 27 heavy (non-hydrogen) atoms. The largest absolute Gasteiger partial charge is 0.504 e. The predicted molar refractivity (Wildman–Crippen MR) is 115 cm³/mol. The fraction of sp³-hybridized carbons (Fsp3) is 0.750. The number of unbranched alkanes of at least 4 members (excludes halogenated alkanes) is 12. The van der Waals surface area contributed by atoms with E-state index in [1.54, 1.807) is 6.07 Å². The first-order valence-corrected chi connectivity index (χ1v) is 11.4. The van der Waals surface area contributed by atoms with Crippen LogP contribution in [0.1, 0.15) is 109 Å². The third-order valence-corrected chi connectivity index (χ3v) is 5.24. The van der Waals surface area contributed by atoms with E-state index in [9.17, 15) is 10.2 Å². The van der Waals surface area contributed by atoms with E-state index in [1.807, 2.05) is 6.07 Å². The van der Waals surface area contributed by atoms with Crippen LogP contribution in [0.4, 0.5) is 0 Å². The van der Waals surface area contributed by atoms with Crippen molar-refractivity contribution in [1.29, 1.82) is 0 Å². The third-order valence-electron chi connectivity index (χ3n) is 5.24. The van der Waals surface area contributed by atoms with Gasteiger partial charge in [-0.05, 0) is 30.9 Å². The van der Waals surface area contributed by atoms with Crippen LogP contribution in [0.25, 0.3) is 0 Å². The molecule has 0 heterocycles. The summed E-state index contributed by atoms with van der Waals surface area (Å²) in [6, 6.07) is 3.47. The molecule has 0 fully saturated rings. The average Bonchev–Trinajstić information content (AvgIpc) is 2.67. The number of aryl methyl sites for hydroxylation is 1. The highest BCUT2D eigenvalue weighted by molar-refractivity contribution is 5.54. The maximum Gasteiger partial charge on any atom is 0.200 e. The molecule has 1 aromatic carbocycles. The van der Waals surface area contributed by atoms with E-state index in [0.717, 1.165) is 31.2 Å². The highest BCUT2D eigenvalue weighted by Gasteiger charge is 2.13. The molecular weight excluding hydrogens is 336 g/mol. The van der Waals surface area contributed by atoms with Gasteiger partial charge in [0.2, 0.25) is 5.75 Å². The van der Waals surface area contributed by atoms with E-state index >= 15 is 0 Å². The van der Waals surface area contributed by atoms with E-state index in [-0.39, 0.29) is 11.5 Å². The minimum Gasteiger partial charge on any atom is -0.504 e. The van der Waals surface area contributed by atoms with Gasteiger partial charge >= 0.3 is 0 Å². The highest BCUT2D eigenvalue weighted by Crippen LogP contribution is 2.39. The standard InChI is InChI=1S/C24H42O3/c1-3-5-7-9-11-12-13-15-17-21-18-19-22(25)23(26)24(21)27-20-16-14-10-8-6-4-2/h18-19,25-26H,3-17,20H2,1-2H3. The summed E-state index contributed by atoms with van der Waals surface area (Å²) in [6.07, 6.45) is 18.4. The van der Waals surface area contributed by atoms with Gasteiger partial charge in [-0.1, -0.05) is 97.0 Å². The van der Waals surface area contributed by atoms with E-state index in [0.29, 0.717) is 12.4 Å². The van der Waals surface area contributed by atoms with Crippen LogP contribution in [-0.4, -0.2) is 16.8 Å². The Morgan fingerprint density at radius 1 is 0.667 bits per heavy atom. The summed E-state index contributed by atoms with van der Waals surface area (Å²) >= 11 is 0. The first-order valence-electron chi connectivity index (χ1n) is 11.4. The van der Waals surface area contributed by atoms with Crippen LogP contribution in [0.5, 0.6) is 17.2 Å². The predicted octanol–water partition coefficient (Wildman–Crippen LogP) is 7.52. The summed E-state index contributed by atoms with van der Waals surface area (Å²) in [5, 5.41) is 20.0. The lowest BCUT2D eigenvalue weighted by atomic mass is 10.0. The zero-order valence-corrected chi connectivity index (χ0v) is 17.8. The number of phenolic OH excluding ortho intramolecular Hbond substituents is 2. The molecule has 0 radical (unpaired) electrons. The van der Waals surface area contributed by atoms with Crippen LogP contribution in [0.3, 0.4) is 0 Å².